The maximum Gasteiger partial charge on any atom is 0.227 e. The lowest BCUT2D eigenvalue weighted by atomic mass is 9.88. The van der Waals surface area contributed by atoms with Gasteiger partial charge in [-0.3, -0.25) is 4.79 Å². The maximum atomic E-state index is 12.6. The van der Waals surface area contributed by atoms with Gasteiger partial charge < -0.3 is 14.5 Å². The lowest BCUT2D eigenvalue weighted by Gasteiger charge is -2.21. The number of methoxy groups -OCH3 is 1. The molecule has 0 atom stereocenters. The van der Waals surface area contributed by atoms with E-state index in [1.807, 2.05) is 42.5 Å². The number of oxazole rings is 1. The van der Waals surface area contributed by atoms with Crippen molar-refractivity contribution in [3.8, 4) is 17.2 Å². The lowest BCUT2D eigenvalue weighted by molar-refractivity contribution is -0.120. The minimum absolute atomic E-state index is 0.0673. The molecule has 1 saturated carbocycles. The van der Waals surface area contributed by atoms with Crippen LogP contribution in [0.1, 0.15) is 32.1 Å². The molecule has 1 amide bonds. The normalized spacial score (nSPS) is 15.1. The minimum atomic E-state index is 0.0673. The minimum Gasteiger partial charge on any atom is -0.495 e. The summed E-state index contributed by atoms with van der Waals surface area (Å²) in [5.74, 6) is 1.31. The fourth-order valence-electron chi connectivity index (χ4n) is 3.53. The van der Waals surface area contributed by atoms with E-state index in [0.717, 1.165) is 42.3 Å². The predicted octanol–water partition coefficient (Wildman–Crippen LogP) is 5.02. The Balaban J connectivity index is 1.63. The molecule has 2 aromatic carbocycles. The number of fused-ring (bicyclic) bond motifs is 1. The van der Waals surface area contributed by atoms with Crippen LogP contribution in [0.25, 0.3) is 22.6 Å². The van der Waals surface area contributed by atoms with Crippen LogP contribution in [0.15, 0.2) is 46.9 Å². The van der Waals surface area contributed by atoms with Crippen LogP contribution in [0.4, 0.5) is 5.69 Å². The zero-order valence-corrected chi connectivity index (χ0v) is 14.8. The number of aromatic nitrogens is 1. The van der Waals surface area contributed by atoms with Gasteiger partial charge in [-0.15, -0.1) is 0 Å². The standard InChI is InChI=1S/C21H22N2O3/c1-25-18-12-11-15(21-23-16-9-5-6-10-19(16)26-21)13-17(18)22-20(24)14-7-3-2-4-8-14/h5-6,9-14H,2-4,7-8H2,1H3,(H,22,24). The van der Waals surface area contributed by atoms with Gasteiger partial charge in [0.2, 0.25) is 11.8 Å². The van der Waals surface area contributed by atoms with Crippen LogP contribution < -0.4 is 10.1 Å². The average molecular weight is 350 g/mol. The second-order valence-corrected chi connectivity index (χ2v) is 6.73. The van der Waals surface area contributed by atoms with Crippen molar-refractivity contribution < 1.29 is 13.9 Å². The average Bonchev–Trinajstić information content (AvgIpc) is 3.13. The molecule has 134 valence electrons. The molecule has 3 aromatic rings. The van der Waals surface area contributed by atoms with Crippen molar-refractivity contribution in [3.05, 3.63) is 42.5 Å². The Labute approximate surface area is 152 Å². The number of ether oxygens (including phenoxy) is 1. The molecule has 1 fully saturated rings. The van der Waals surface area contributed by atoms with Gasteiger partial charge in [-0.2, -0.15) is 0 Å². The zero-order valence-electron chi connectivity index (χ0n) is 14.8. The van der Waals surface area contributed by atoms with E-state index in [1.54, 1.807) is 7.11 Å². The van der Waals surface area contributed by atoms with Gasteiger partial charge in [0, 0.05) is 11.5 Å². The van der Waals surface area contributed by atoms with Crippen LogP contribution in [-0.4, -0.2) is 18.0 Å². The second kappa shape index (κ2) is 7.20. The van der Waals surface area contributed by atoms with Crippen molar-refractivity contribution in [2.24, 2.45) is 5.92 Å². The number of nitrogens with zero attached hydrogens (tertiary/aromatic N) is 1. The van der Waals surface area contributed by atoms with Crippen molar-refractivity contribution >= 4 is 22.7 Å². The molecule has 1 aromatic heterocycles. The van der Waals surface area contributed by atoms with E-state index in [4.69, 9.17) is 9.15 Å². The topological polar surface area (TPSA) is 64.4 Å². The first kappa shape index (κ1) is 16.6. The van der Waals surface area contributed by atoms with Crippen LogP contribution in [0.5, 0.6) is 5.75 Å². The molecule has 5 heteroatoms. The van der Waals surface area contributed by atoms with Crippen molar-refractivity contribution in [1.29, 1.82) is 0 Å². The van der Waals surface area contributed by atoms with Crippen molar-refractivity contribution in [2.75, 3.05) is 12.4 Å². The van der Waals surface area contributed by atoms with Crippen LogP contribution >= 0.6 is 0 Å². The number of anilines is 1. The van der Waals surface area contributed by atoms with Gasteiger partial charge in [0.1, 0.15) is 11.3 Å². The summed E-state index contributed by atoms with van der Waals surface area (Å²) in [4.78, 5) is 17.1. The molecule has 1 N–H and O–H groups in total. The Morgan fingerprint density at radius 1 is 1.15 bits per heavy atom. The number of rotatable bonds is 4. The first-order valence-electron chi connectivity index (χ1n) is 9.09. The molecule has 0 saturated heterocycles. The Morgan fingerprint density at radius 2 is 1.96 bits per heavy atom. The molecule has 5 nitrogen and oxygen atoms in total. The lowest BCUT2D eigenvalue weighted by Crippen LogP contribution is -2.24. The monoisotopic (exact) mass is 350 g/mol. The highest BCUT2D eigenvalue weighted by atomic mass is 16.5. The number of hydrogen-bond acceptors (Lipinski definition) is 4. The molecule has 26 heavy (non-hydrogen) atoms. The predicted molar refractivity (Wildman–Crippen MR) is 101 cm³/mol. The van der Waals surface area contributed by atoms with Crippen molar-refractivity contribution in [1.82, 2.24) is 4.98 Å². The molecule has 0 bridgehead atoms. The van der Waals surface area contributed by atoms with E-state index < -0.39 is 0 Å². The largest absolute Gasteiger partial charge is 0.495 e. The number of amides is 1. The first-order valence-corrected chi connectivity index (χ1v) is 9.09. The van der Waals surface area contributed by atoms with Crippen molar-refractivity contribution in [2.45, 2.75) is 32.1 Å². The van der Waals surface area contributed by atoms with E-state index in [9.17, 15) is 4.79 Å². The summed E-state index contributed by atoms with van der Waals surface area (Å²) in [5, 5.41) is 3.04. The van der Waals surface area contributed by atoms with Crippen LogP contribution in [0.2, 0.25) is 0 Å². The van der Waals surface area contributed by atoms with Gasteiger partial charge in [0.05, 0.1) is 12.8 Å². The summed E-state index contributed by atoms with van der Waals surface area (Å²) in [5.41, 5.74) is 3.01. The van der Waals surface area contributed by atoms with Gasteiger partial charge >= 0.3 is 0 Å². The molecule has 0 spiro atoms. The Morgan fingerprint density at radius 3 is 2.73 bits per heavy atom. The zero-order chi connectivity index (χ0) is 17.9. The number of nitrogens with one attached hydrogen (secondary N) is 1. The number of para-hydroxylation sites is 2. The summed E-state index contributed by atoms with van der Waals surface area (Å²) >= 11 is 0. The van der Waals surface area contributed by atoms with Crippen LogP contribution in [-0.2, 0) is 4.79 Å². The van der Waals surface area contributed by atoms with Gasteiger partial charge in [-0.1, -0.05) is 31.4 Å². The Kier molecular flexibility index (Phi) is 4.61. The molecule has 1 aliphatic carbocycles. The molecule has 0 unspecified atom stereocenters. The van der Waals surface area contributed by atoms with E-state index in [2.05, 4.69) is 10.3 Å². The SMILES string of the molecule is COc1ccc(-c2nc3ccccc3o2)cc1NC(=O)C1CCCCC1. The van der Waals surface area contributed by atoms with Gasteiger partial charge in [-0.05, 0) is 43.2 Å². The fraction of sp³-hybridized carbons (Fsp3) is 0.333. The third kappa shape index (κ3) is 3.29. The summed E-state index contributed by atoms with van der Waals surface area (Å²) in [7, 11) is 1.60. The van der Waals surface area contributed by atoms with Crippen molar-refractivity contribution in [3.63, 3.8) is 0 Å². The maximum absolute atomic E-state index is 12.6. The molecule has 0 radical (unpaired) electrons. The summed E-state index contributed by atoms with van der Waals surface area (Å²) < 4.78 is 11.3. The number of carbonyl (C=O) groups is 1. The van der Waals surface area contributed by atoms with E-state index in [1.165, 1.54) is 6.42 Å². The molecule has 1 aliphatic rings. The highest BCUT2D eigenvalue weighted by Crippen LogP contribution is 2.33. The third-order valence-electron chi connectivity index (χ3n) is 4.97. The van der Waals surface area contributed by atoms with E-state index in [-0.39, 0.29) is 11.8 Å². The first-order chi connectivity index (χ1) is 12.7. The highest BCUT2D eigenvalue weighted by molar-refractivity contribution is 5.94. The molecular formula is C21H22N2O3. The Hall–Kier alpha value is -2.82. The summed E-state index contributed by atoms with van der Waals surface area (Å²) in [6.07, 6.45) is 5.38. The summed E-state index contributed by atoms with van der Waals surface area (Å²) in [6.45, 7) is 0. The van der Waals surface area contributed by atoms with Gasteiger partial charge in [-0.25, -0.2) is 4.98 Å². The smallest absolute Gasteiger partial charge is 0.227 e. The van der Waals surface area contributed by atoms with Crippen LogP contribution in [0, 0.1) is 5.92 Å². The molecular weight excluding hydrogens is 328 g/mol. The van der Waals surface area contributed by atoms with Gasteiger partial charge in [0.15, 0.2) is 5.58 Å². The number of hydrogen-bond donors (Lipinski definition) is 1. The Bertz CT molecular complexity index is 893. The molecule has 4 rings (SSSR count). The second-order valence-electron chi connectivity index (χ2n) is 6.73. The molecule has 0 aliphatic heterocycles. The third-order valence-corrected chi connectivity index (χ3v) is 4.97. The quantitative estimate of drug-likeness (QED) is 0.717. The van der Waals surface area contributed by atoms with E-state index >= 15 is 0 Å². The fourth-order valence-corrected chi connectivity index (χ4v) is 3.53. The van der Waals surface area contributed by atoms with Crippen LogP contribution in [0.3, 0.4) is 0 Å². The van der Waals surface area contributed by atoms with E-state index in [0.29, 0.717) is 17.3 Å². The molecule has 1 heterocycles. The highest BCUT2D eigenvalue weighted by Gasteiger charge is 2.22. The number of carbonyl (C=O) groups excluding carboxylic acids is 1. The summed E-state index contributed by atoms with van der Waals surface area (Å²) in [6, 6.07) is 13.2. The number of benzene rings is 2. The van der Waals surface area contributed by atoms with Gasteiger partial charge in [0.25, 0.3) is 0 Å².